The van der Waals surface area contributed by atoms with Gasteiger partial charge in [-0.25, -0.2) is 4.68 Å². The molecule has 1 aromatic carbocycles. The minimum Gasteiger partial charge on any atom is -0.308 e. The number of nitrogens with zero attached hydrogens (tertiary/aromatic N) is 2. The van der Waals surface area contributed by atoms with Crippen molar-refractivity contribution < 1.29 is 0 Å². The molecule has 0 amide bonds. The summed E-state index contributed by atoms with van der Waals surface area (Å²) in [6.07, 6.45) is 1.95. The van der Waals surface area contributed by atoms with Crippen molar-refractivity contribution in [3.63, 3.8) is 0 Å². The number of aromatic nitrogens is 2. The van der Waals surface area contributed by atoms with E-state index in [0.29, 0.717) is 0 Å². The molecule has 0 aliphatic carbocycles. The molecule has 0 atom stereocenters. The molecule has 0 aliphatic rings. The molecule has 2 rings (SSSR count). The lowest BCUT2D eigenvalue weighted by atomic mass is 10.1. The van der Waals surface area contributed by atoms with Crippen LogP contribution in [0.1, 0.15) is 37.6 Å². The van der Waals surface area contributed by atoms with Crippen molar-refractivity contribution in [1.29, 1.82) is 0 Å². The van der Waals surface area contributed by atoms with Crippen LogP contribution in [0, 0.1) is 13.8 Å². The molecular weight excluding hydrogens is 234 g/mol. The fraction of sp³-hybridized carbons (Fsp3) is 0.438. The standard InChI is InChI=1S/C16H23N3/c1-12-7-6-8-15(9-12)19-13(2)14(11-18-19)10-17-16(3,4)5/h6-9,11,17H,10H2,1-5H3. The SMILES string of the molecule is Cc1cccc(-n2ncc(CNC(C)(C)C)c2C)c1. The van der Waals surface area contributed by atoms with E-state index in [0.717, 1.165) is 12.2 Å². The van der Waals surface area contributed by atoms with Gasteiger partial charge in [0.2, 0.25) is 0 Å². The molecule has 0 saturated heterocycles. The van der Waals surface area contributed by atoms with Gasteiger partial charge in [0.05, 0.1) is 11.9 Å². The van der Waals surface area contributed by atoms with Gasteiger partial charge in [0.15, 0.2) is 0 Å². The Morgan fingerprint density at radius 1 is 1.21 bits per heavy atom. The van der Waals surface area contributed by atoms with Gasteiger partial charge >= 0.3 is 0 Å². The highest BCUT2D eigenvalue weighted by Crippen LogP contribution is 2.16. The topological polar surface area (TPSA) is 29.9 Å². The molecule has 0 radical (unpaired) electrons. The van der Waals surface area contributed by atoms with E-state index < -0.39 is 0 Å². The molecule has 1 N–H and O–H groups in total. The molecule has 102 valence electrons. The maximum Gasteiger partial charge on any atom is 0.0651 e. The molecule has 2 aromatic rings. The second-order valence-corrected chi connectivity index (χ2v) is 6.11. The highest BCUT2D eigenvalue weighted by Gasteiger charge is 2.12. The monoisotopic (exact) mass is 257 g/mol. The number of rotatable bonds is 3. The van der Waals surface area contributed by atoms with Crippen LogP contribution in [0.25, 0.3) is 5.69 Å². The normalized spacial score (nSPS) is 11.8. The Labute approximate surface area is 115 Å². The molecule has 0 bridgehead atoms. The lowest BCUT2D eigenvalue weighted by molar-refractivity contribution is 0.424. The van der Waals surface area contributed by atoms with Crippen LogP contribution >= 0.6 is 0 Å². The van der Waals surface area contributed by atoms with Crippen molar-refractivity contribution in [3.05, 3.63) is 47.3 Å². The Morgan fingerprint density at radius 3 is 2.58 bits per heavy atom. The van der Waals surface area contributed by atoms with Gasteiger partial charge in [-0.2, -0.15) is 5.10 Å². The highest BCUT2D eigenvalue weighted by molar-refractivity contribution is 5.37. The fourth-order valence-electron chi connectivity index (χ4n) is 2.00. The van der Waals surface area contributed by atoms with Crippen LogP contribution in [-0.2, 0) is 6.54 Å². The summed E-state index contributed by atoms with van der Waals surface area (Å²) in [5, 5.41) is 8.01. The van der Waals surface area contributed by atoms with Crippen molar-refractivity contribution in [3.8, 4) is 5.69 Å². The van der Waals surface area contributed by atoms with Crippen LogP contribution in [-0.4, -0.2) is 15.3 Å². The summed E-state index contributed by atoms with van der Waals surface area (Å²) in [7, 11) is 0. The smallest absolute Gasteiger partial charge is 0.0651 e. The van der Waals surface area contributed by atoms with Gasteiger partial charge in [-0.1, -0.05) is 12.1 Å². The molecule has 0 unspecified atom stereocenters. The van der Waals surface area contributed by atoms with Gasteiger partial charge in [0, 0.05) is 23.3 Å². The first-order valence-corrected chi connectivity index (χ1v) is 6.72. The first-order chi connectivity index (χ1) is 8.87. The molecule has 19 heavy (non-hydrogen) atoms. The van der Waals surface area contributed by atoms with E-state index >= 15 is 0 Å². The minimum atomic E-state index is 0.123. The molecule has 0 aliphatic heterocycles. The minimum absolute atomic E-state index is 0.123. The molecular formula is C16H23N3. The van der Waals surface area contributed by atoms with E-state index in [-0.39, 0.29) is 5.54 Å². The summed E-state index contributed by atoms with van der Waals surface area (Å²) in [4.78, 5) is 0. The average molecular weight is 257 g/mol. The second kappa shape index (κ2) is 5.17. The summed E-state index contributed by atoms with van der Waals surface area (Å²) in [6, 6.07) is 8.41. The van der Waals surface area contributed by atoms with Gasteiger partial charge in [-0.15, -0.1) is 0 Å². The van der Waals surface area contributed by atoms with Gasteiger partial charge in [0.1, 0.15) is 0 Å². The summed E-state index contributed by atoms with van der Waals surface area (Å²) in [5.74, 6) is 0. The van der Waals surface area contributed by atoms with Crippen LogP contribution < -0.4 is 5.32 Å². The van der Waals surface area contributed by atoms with E-state index in [4.69, 9.17) is 0 Å². The average Bonchev–Trinajstić information content (AvgIpc) is 2.67. The Kier molecular flexibility index (Phi) is 3.76. The number of hydrogen-bond acceptors (Lipinski definition) is 2. The van der Waals surface area contributed by atoms with E-state index in [2.05, 4.69) is 69.3 Å². The zero-order valence-electron chi connectivity index (χ0n) is 12.5. The third kappa shape index (κ3) is 3.44. The van der Waals surface area contributed by atoms with Crippen molar-refractivity contribution in [2.75, 3.05) is 0 Å². The van der Waals surface area contributed by atoms with E-state index in [9.17, 15) is 0 Å². The molecule has 3 heteroatoms. The van der Waals surface area contributed by atoms with E-state index in [1.54, 1.807) is 0 Å². The predicted molar refractivity (Wildman–Crippen MR) is 79.6 cm³/mol. The zero-order chi connectivity index (χ0) is 14.0. The van der Waals surface area contributed by atoms with Crippen LogP contribution in [0.3, 0.4) is 0 Å². The van der Waals surface area contributed by atoms with Crippen molar-refractivity contribution in [1.82, 2.24) is 15.1 Å². The molecule has 1 heterocycles. The molecule has 3 nitrogen and oxygen atoms in total. The maximum absolute atomic E-state index is 4.50. The highest BCUT2D eigenvalue weighted by atomic mass is 15.3. The third-order valence-electron chi connectivity index (χ3n) is 3.17. The van der Waals surface area contributed by atoms with E-state index in [1.807, 2.05) is 10.9 Å². The second-order valence-electron chi connectivity index (χ2n) is 6.11. The van der Waals surface area contributed by atoms with Crippen molar-refractivity contribution in [2.45, 2.75) is 46.7 Å². The van der Waals surface area contributed by atoms with Gasteiger partial charge < -0.3 is 5.32 Å². The summed E-state index contributed by atoms with van der Waals surface area (Å²) in [5.41, 5.74) is 4.94. The lowest BCUT2D eigenvalue weighted by Crippen LogP contribution is -2.35. The van der Waals surface area contributed by atoms with Crippen LogP contribution in [0.4, 0.5) is 0 Å². The Bertz CT molecular complexity index is 562. The van der Waals surface area contributed by atoms with Crippen molar-refractivity contribution in [2.24, 2.45) is 0 Å². The summed E-state index contributed by atoms with van der Waals surface area (Å²) in [6.45, 7) is 11.6. The zero-order valence-corrected chi connectivity index (χ0v) is 12.5. The first kappa shape index (κ1) is 13.8. The molecule has 0 spiro atoms. The number of aryl methyl sites for hydroxylation is 1. The number of hydrogen-bond donors (Lipinski definition) is 1. The largest absolute Gasteiger partial charge is 0.308 e. The summed E-state index contributed by atoms with van der Waals surface area (Å²) >= 11 is 0. The Hall–Kier alpha value is -1.61. The predicted octanol–water partition coefficient (Wildman–Crippen LogP) is 3.38. The lowest BCUT2D eigenvalue weighted by Gasteiger charge is -2.20. The third-order valence-corrected chi connectivity index (χ3v) is 3.17. The number of nitrogens with one attached hydrogen (secondary N) is 1. The van der Waals surface area contributed by atoms with Crippen LogP contribution in [0.5, 0.6) is 0 Å². The summed E-state index contributed by atoms with van der Waals surface area (Å²) < 4.78 is 2.01. The fourth-order valence-corrected chi connectivity index (χ4v) is 2.00. The quantitative estimate of drug-likeness (QED) is 0.913. The molecule has 0 saturated carbocycles. The first-order valence-electron chi connectivity index (χ1n) is 6.72. The molecule has 0 fully saturated rings. The van der Waals surface area contributed by atoms with Gasteiger partial charge in [-0.05, 0) is 52.3 Å². The number of benzene rings is 1. The Morgan fingerprint density at radius 2 is 1.95 bits per heavy atom. The van der Waals surface area contributed by atoms with Crippen molar-refractivity contribution >= 4 is 0 Å². The van der Waals surface area contributed by atoms with E-state index in [1.165, 1.54) is 16.8 Å². The van der Waals surface area contributed by atoms with Gasteiger partial charge in [0.25, 0.3) is 0 Å². The van der Waals surface area contributed by atoms with Crippen LogP contribution in [0.2, 0.25) is 0 Å². The van der Waals surface area contributed by atoms with Gasteiger partial charge in [-0.3, -0.25) is 0 Å². The maximum atomic E-state index is 4.50. The Balaban J connectivity index is 2.23. The molecule has 1 aromatic heterocycles. The van der Waals surface area contributed by atoms with Crippen LogP contribution in [0.15, 0.2) is 30.5 Å².